The Bertz CT molecular complexity index is 1540. The molecule has 1 saturated heterocycles. The van der Waals surface area contributed by atoms with E-state index < -0.39 is 9.84 Å². The van der Waals surface area contributed by atoms with Crippen LogP contribution in [0.2, 0.25) is 0 Å². The van der Waals surface area contributed by atoms with E-state index in [1.165, 1.54) is 0 Å². The molecule has 0 atom stereocenters. The molecule has 1 N–H and O–H groups in total. The molecule has 11 heteroatoms. The van der Waals surface area contributed by atoms with Crippen molar-refractivity contribution in [3.63, 3.8) is 0 Å². The number of pyridine rings is 1. The molecule has 0 radical (unpaired) electrons. The minimum atomic E-state index is -3.03. The molecule has 1 amide bonds. The van der Waals surface area contributed by atoms with E-state index >= 15 is 0 Å². The van der Waals surface area contributed by atoms with Crippen molar-refractivity contribution in [1.29, 1.82) is 0 Å². The number of thiophene rings is 1. The molecule has 1 aliphatic heterocycles. The lowest BCUT2D eigenvalue weighted by Crippen LogP contribution is -2.44. The maximum absolute atomic E-state index is 12.3. The van der Waals surface area contributed by atoms with Crippen molar-refractivity contribution >= 4 is 48.1 Å². The van der Waals surface area contributed by atoms with E-state index in [9.17, 15) is 18.4 Å². The second-order valence-electron chi connectivity index (χ2n) is 7.91. The number of nitrogens with zero attached hydrogens (tertiary/aromatic N) is 3. The first-order valence-electron chi connectivity index (χ1n) is 10.6. The van der Waals surface area contributed by atoms with E-state index in [4.69, 9.17) is 9.15 Å². The average Bonchev–Trinajstić information content (AvgIpc) is 3.31. The third kappa shape index (κ3) is 4.62. The zero-order chi connectivity index (χ0) is 23.7. The van der Waals surface area contributed by atoms with Gasteiger partial charge in [-0.05, 0) is 35.7 Å². The SMILES string of the molecule is O=C(CCOc1ccc2oc(-c3cc4sccc4cn3)cc(=NO)c2c1)N1CCS(=O)(=O)CC1. The summed E-state index contributed by atoms with van der Waals surface area (Å²) in [4.78, 5) is 18.3. The summed E-state index contributed by atoms with van der Waals surface area (Å²) in [7, 11) is -3.03. The zero-order valence-corrected chi connectivity index (χ0v) is 19.6. The monoisotopic (exact) mass is 499 g/mol. The first-order chi connectivity index (χ1) is 16.4. The summed E-state index contributed by atoms with van der Waals surface area (Å²) in [5.41, 5.74) is 1.13. The molecule has 1 fully saturated rings. The minimum Gasteiger partial charge on any atom is -0.493 e. The highest BCUT2D eigenvalue weighted by atomic mass is 32.2. The van der Waals surface area contributed by atoms with Crippen LogP contribution >= 0.6 is 11.3 Å². The number of carbonyl (C=O) groups is 1. The molecule has 176 valence electrons. The standard InChI is InChI=1S/C23H21N3O6S2/c27-23(26-5-9-34(29,30)10-6-26)3-7-31-16-1-2-20-17(11-16)18(25-28)12-21(32-20)19-13-22-15(14-24-19)4-8-33-22/h1-2,4,8,11-14,28H,3,5-7,9-10H2. The summed E-state index contributed by atoms with van der Waals surface area (Å²) in [6.07, 6.45) is 1.91. The number of hydrogen-bond donors (Lipinski definition) is 1. The molecule has 5 rings (SSSR count). The molecule has 9 nitrogen and oxygen atoms in total. The molecule has 0 saturated carbocycles. The maximum atomic E-state index is 12.3. The van der Waals surface area contributed by atoms with Gasteiger partial charge >= 0.3 is 0 Å². The maximum Gasteiger partial charge on any atom is 0.226 e. The van der Waals surface area contributed by atoms with Crippen LogP contribution in [0.25, 0.3) is 32.5 Å². The summed E-state index contributed by atoms with van der Waals surface area (Å²) in [5.74, 6) is 0.822. The highest BCUT2D eigenvalue weighted by molar-refractivity contribution is 7.91. The van der Waals surface area contributed by atoms with Crippen molar-refractivity contribution in [3.05, 3.63) is 53.3 Å². The number of amides is 1. The van der Waals surface area contributed by atoms with E-state index in [0.29, 0.717) is 33.5 Å². The number of ether oxygens (including phenoxy) is 1. The lowest BCUT2D eigenvalue weighted by atomic mass is 10.1. The van der Waals surface area contributed by atoms with Crippen LogP contribution in [0.3, 0.4) is 0 Å². The number of carbonyl (C=O) groups excluding carboxylic acids is 1. The molecule has 4 aromatic rings. The van der Waals surface area contributed by atoms with Gasteiger partial charge in [-0.2, -0.15) is 0 Å². The third-order valence-corrected chi connectivity index (χ3v) is 8.18. The van der Waals surface area contributed by atoms with E-state index in [0.717, 1.165) is 10.1 Å². The van der Waals surface area contributed by atoms with Crippen molar-refractivity contribution in [1.82, 2.24) is 9.88 Å². The average molecular weight is 500 g/mol. The van der Waals surface area contributed by atoms with Crippen LogP contribution < -0.4 is 10.1 Å². The van der Waals surface area contributed by atoms with Crippen LogP contribution in [-0.2, 0) is 14.6 Å². The first-order valence-corrected chi connectivity index (χ1v) is 13.3. The van der Waals surface area contributed by atoms with Crippen LogP contribution in [-0.4, -0.2) is 60.6 Å². The Morgan fingerprint density at radius 1 is 1.21 bits per heavy atom. The number of fused-ring (bicyclic) bond motifs is 2. The molecule has 0 aliphatic carbocycles. The highest BCUT2D eigenvalue weighted by Gasteiger charge is 2.24. The molecule has 34 heavy (non-hydrogen) atoms. The van der Waals surface area contributed by atoms with Gasteiger partial charge in [0.15, 0.2) is 15.6 Å². The molecule has 1 aliphatic rings. The topological polar surface area (TPSA) is 122 Å². The Morgan fingerprint density at radius 3 is 2.82 bits per heavy atom. The lowest BCUT2D eigenvalue weighted by Gasteiger charge is -2.26. The van der Waals surface area contributed by atoms with Gasteiger partial charge in [-0.15, -0.1) is 11.3 Å². The summed E-state index contributed by atoms with van der Waals surface area (Å²) in [5, 5.41) is 16.9. The van der Waals surface area contributed by atoms with Crippen LogP contribution in [0, 0.1) is 0 Å². The van der Waals surface area contributed by atoms with Crippen molar-refractivity contribution in [3.8, 4) is 17.2 Å². The van der Waals surface area contributed by atoms with Crippen LogP contribution in [0.4, 0.5) is 0 Å². The number of rotatable bonds is 5. The molecule has 1 aromatic carbocycles. The summed E-state index contributed by atoms with van der Waals surface area (Å²) >= 11 is 1.61. The Kier molecular flexibility index (Phi) is 5.96. The molecular formula is C23H21N3O6S2. The van der Waals surface area contributed by atoms with Gasteiger partial charge < -0.3 is 19.3 Å². The minimum absolute atomic E-state index is 0.0000999. The fraction of sp³-hybridized carbons (Fsp3) is 0.261. The van der Waals surface area contributed by atoms with Gasteiger partial charge in [0.05, 0.1) is 29.9 Å². The Balaban J connectivity index is 1.31. The number of sulfone groups is 1. The summed E-state index contributed by atoms with van der Waals surface area (Å²) in [6.45, 7) is 0.576. The normalized spacial score (nSPS) is 16.2. The number of aromatic nitrogens is 1. The van der Waals surface area contributed by atoms with Crippen molar-refractivity contribution in [2.45, 2.75) is 6.42 Å². The van der Waals surface area contributed by atoms with E-state index in [1.807, 2.05) is 17.5 Å². The van der Waals surface area contributed by atoms with Crippen LogP contribution in [0.5, 0.6) is 5.75 Å². The Labute approximate surface area is 198 Å². The number of benzene rings is 1. The van der Waals surface area contributed by atoms with Crippen LogP contribution in [0.15, 0.2) is 57.5 Å². The first kappa shape index (κ1) is 22.4. The predicted octanol–water partition coefficient (Wildman–Crippen LogP) is 3.03. The highest BCUT2D eigenvalue weighted by Crippen LogP contribution is 2.28. The van der Waals surface area contributed by atoms with Crippen molar-refractivity contribution in [2.75, 3.05) is 31.2 Å². The lowest BCUT2D eigenvalue weighted by molar-refractivity contribution is -0.131. The van der Waals surface area contributed by atoms with Gasteiger partial charge in [-0.3, -0.25) is 9.78 Å². The van der Waals surface area contributed by atoms with Gasteiger partial charge in [0.1, 0.15) is 22.4 Å². The summed E-state index contributed by atoms with van der Waals surface area (Å²) < 4.78 is 35.9. The van der Waals surface area contributed by atoms with E-state index in [2.05, 4.69) is 10.1 Å². The zero-order valence-electron chi connectivity index (χ0n) is 18.0. The van der Waals surface area contributed by atoms with Gasteiger partial charge in [-0.25, -0.2) is 8.42 Å². The predicted molar refractivity (Wildman–Crippen MR) is 128 cm³/mol. The summed E-state index contributed by atoms with van der Waals surface area (Å²) in [6, 6.07) is 10.6. The molecule has 3 aromatic heterocycles. The van der Waals surface area contributed by atoms with E-state index in [1.54, 1.807) is 46.7 Å². The van der Waals surface area contributed by atoms with Crippen molar-refractivity contribution < 1.29 is 27.6 Å². The van der Waals surface area contributed by atoms with E-state index in [-0.39, 0.29) is 43.5 Å². The largest absolute Gasteiger partial charge is 0.493 e. The quantitative estimate of drug-likeness (QED) is 0.331. The third-order valence-electron chi connectivity index (χ3n) is 5.69. The molecular weight excluding hydrogens is 478 g/mol. The fourth-order valence-electron chi connectivity index (χ4n) is 3.81. The second kappa shape index (κ2) is 9.07. The molecule has 4 heterocycles. The van der Waals surface area contributed by atoms with Crippen molar-refractivity contribution in [2.24, 2.45) is 5.16 Å². The molecule has 0 bridgehead atoms. The van der Waals surface area contributed by atoms with Crippen LogP contribution in [0.1, 0.15) is 6.42 Å². The smallest absolute Gasteiger partial charge is 0.226 e. The number of hydrogen-bond acceptors (Lipinski definition) is 9. The second-order valence-corrected chi connectivity index (χ2v) is 11.2. The van der Waals surface area contributed by atoms with Gasteiger partial charge in [0.2, 0.25) is 5.91 Å². The fourth-order valence-corrected chi connectivity index (χ4v) is 5.81. The molecule has 0 unspecified atom stereocenters. The van der Waals surface area contributed by atoms with Gasteiger partial charge in [0, 0.05) is 35.4 Å². The Morgan fingerprint density at radius 2 is 2.03 bits per heavy atom. The Hall–Kier alpha value is -3.44. The molecule has 0 spiro atoms. The van der Waals surface area contributed by atoms with Gasteiger partial charge in [-0.1, -0.05) is 5.16 Å². The van der Waals surface area contributed by atoms with Gasteiger partial charge in [0.25, 0.3) is 0 Å².